The first-order chi connectivity index (χ1) is 6.17. The van der Waals surface area contributed by atoms with Crippen molar-refractivity contribution >= 4 is 17.7 Å². The molecule has 0 heterocycles. The Morgan fingerprint density at radius 1 is 1.31 bits per heavy atom. The number of hydrogen-bond donors (Lipinski definition) is 0. The van der Waals surface area contributed by atoms with Gasteiger partial charge in [-0.3, -0.25) is 4.79 Å². The minimum atomic E-state index is 0.109. The Hall–Kier alpha value is -0.180. The molecule has 0 radical (unpaired) electrons. The zero-order valence-electron chi connectivity index (χ0n) is 9.17. The maximum atomic E-state index is 11.8. The average molecular weight is 203 g/mol. The Balaban J connectivity index is 4.09. The van der Waals surface area contributed by atoms with Crippen molar-refractivity contribution in [1.82, 2.24) is 4.90 Å². The molecule has 1 unspecified atom stereocenters. The molecule has 0 aliphatic carbocycles. The van der Waals surface area contributed by atoms with Crippen LogP contribution < -0.4 is 0 Å². The van der Waals surface area contributed by atoms with E-state index in [9.17, 15) is 4.79 Å². The first-order valence-corrected chi connectivity index (χ1v) is 6.27. The van der Waals surface area contributed by atoms with Crippen LogP contribution in [0, 0.1) is 0 Å². The van der Waals surface area contributed by atoms with Gasteiger partial charge in [-0.25, -0.2) is 0 Å². The second-order valence-electron chi connectivity index (χ2n) is 3.20. The molecule has 0 rings (SSSR count). The number of carbonyl (C=O) groups is 1. The largest absolute Gasteiger partial charge is 0.342 e. The summed E-state index contributed by atoms with van der Waals surface area (Å²) in [6.45, 7) is 8.00. The molecule has 0 aromatic carbocycles. The van der Waals surface area contributed by atoms with Crippen molar-refractivity contribution in [3.63, 3.8) is 0 Å². The fourth-order valence-corrected chi connectivity index (χ4v) is 1.58. The number of amides is 1. The molecule has 0 N–H and O–H groups in total. The summed E-state index contributed by atoms with van der Waals surface area (Å²) in [7, 11) is 0. The normalized spacial score (nSPS) is 12.6. The summed E-state index contributed by atoms with van der Waals surface area (Å²) in [5.41, 5.74) is 0. The van der Waals surface area contributed by atoms with Gasteiger partial charge in [0.05, 0.1) is 5.25 Å². The Kier molecular flexibility index (Phi) is 7.14. The lowest BCUT2D eigenvalue weighted by atomic mass is 10.3. The highest BCUT2D eigenvalue weighted by Gasteiger charge is 2.17. The van der Waals surface area contributed by atoms with Crippen LogP contribution in [0.3, 0.4) is 0 Å². The van der Waals surface area contributed by atoms with Crippen molar-refractivity contribution in [3.05, 3.63) is 0 Å². The maximum absolute atomic E-state index is 11.8. The van der Waals surface area contributed by atoms with E-state index in [1.807, 2.05) is 18.1 Å². The van der Waals surface area contributed by atoms with E-state index < -0.39 is 0 Å². The minimum absolute atomic E-state index is 0.109. The Bertz CT molecular complexity index is 144. The quantitative estimate of drug-likeness (QED) is 0.660. The highest BCUT2D eigenvalue weighted by Crippen LogP contribution is 2.10. The molecule has 0 fully saturated rings. The van der Waals surface area contributed by atoms with Crippen LogP contribution in [-0.2, 0) is 4.79 Å². The van der Waals surface area contributed by atoms with Crippen LogP contribution in [0.4, 0.5) is 0 Å². The molecule has 0 saturated heterocycles. The monoisotopic (exact) mass is 203 g/mol. The average Bonchev–Trinajstić information content (AvgIpc) is 2.15. The van der Waals surface area contributed by atoms with Crippen LogP contribution in [0.15, 0.2) is 0 Å². The number of thioether (sulfide) groups is 1. The van der Waals surface area contributed by atoms with Gasteiger partial charge < -0.3 is 4.90 Å². The van der Waals surface area contributed by atoms with Crippen molar-refractivity contribution in [2.45, 2.75) is 38.9 Å². The van der Waals surface area contributed by atoms with E-state index in [2.05, 4.69) is 13.8 Å². The van der Waals surface area contributed by atoms with Gasteiger partial charge in [-0.1, -0.05) is 13.8 Å². The fourth-order valence-electron chi connectivity index (χ4n) is 1.23. The molecule has 1 amide bonds. The molecule has 3 heteroatoms. The third-order valence-electron chi connectivity index (χ3n) is 2.00. The van der Waals surface area contributed by atoms with Gasteiger partial charge in [-0.2, -0.15) is 11.8 Å². The summed E-state index contributed by atoms with van der Waals surface area (Å²) in [5.74, 6) is 0.288. The molecule has 0 aliphatic heterocycles. The van der Waals surface area contributed by atoms with Crippen molar-refractivity contribution in [2.24, 2.45) is 0 Å². The lowest BCUT2D eigenvalue weighted by Crippen LogP contribution is -2.37. The minimum Gasteiger partial charge on any atom is -0.342 e. The summed E-state index contributed by atoms with van der Waals surface area (Å²) in [6, 6.07) is 0. The molecule has 0 aromatic heterocycles. The zero-order valence-corrected chi connectivity index (χ0v) is 9.99. The summed E-state index contributed by atoms with van der Waals surface area (Å²) in [5, 5.41) is 0.109. The van der Waals surface area contributed by atoms with Gasteiger partial charge in [0.25, 0.3) is 0 Å². The molecule has 0 aliphatic rings. The number of nitrogens with zero attached hydrogens (tertiary/aromatic N) is 1. The maximum Gasteiger partial charge on any atom is 0.235 e. The molecule has 78 valence electrons. The summed E-state index contributed by atoms with van der Waals surface area (Å²) >= 11 is 1.62. The standard InChI is InChI=1S/C10H21NOS/c1-5-7-11(8-6-2)10(12)9(3)13-4/h9H,5-8H2,1-4H3. The Labute approximate surface area is 86.1 Å². The van der Waals surface area contributed by atoms with Gasteiger partial charge in [0.2, 0.25) is 5.91 Å². The lowest BCUT2D eigenvalue weighted by Gasteiger charge is -2.24. The Morgan fingerprint density at radius 3 is 2.08 bits per heavy atom. The van der Waals surface area contributed by atoms with E-state index in [1.165, 1.54) is 0 Å². The van der Waals surface area contributed by atoms with Crippen LogP contribution in [0.1, 0.15) is 33.6 Å². The van der Waals surface area contributed by atoms with E-state index in [-0.39, 0.29) is 11.2 Å². The molecular formula is C10H21NOS. The van der Waals surface area contributed by atoms with Crippen molar-refractivity contribution in [3.8, 4) is 0 Å². The van der Waals surface area contributed by atoms with E-state index >= 15 is 0 Å². The number of hydrogen-bond acceptors (Lipinski definition) is 2. The first kappa shape index (κ1) is 12.8. The second-order valence-corrected chi connectivity index (χ2v) is 4.38. The highest BCUT2D eigenvalue weighted by molar-refractivity contribution is 7.99. The number of carbonyl (C=O) groups excluding carboxylic acids is 1. The van der Waals surface area contributed by atoms with Crippen molar-refractivity contribution < 1.29 is 4.79 Å². The SMILES string of the molecule is CCCN(CCC)C(=O)C(C)SC. The van der Waals surface area contributed by atoms with Crippen molar-refractivity contribution in [1.29, 1.82) is 0 Å². The van der Waals surface area contributed by atoms with E-state index in [0.29, 0.717) is 0 Å². The third-order valence-corrected chi connectivity index (χ3v) is 2.91. The van der Waals surface area contributed by atoms with Crippen LogP contribution in [-0.4, -0.2) is 35.4 Å². The van der Waals surface area contributed by atoms with Crippen LogP contribution >= 0.6 is 11.8 Å². The van der Waals surface area contributed by atoms with Gasteiger partial charge in [0, 0.05) is 13.1 Å². The van der Waals surface area contributed by atoms with Crippen LogP contribution in [0.25, 0.3) is 0 Å². The lowest BCUT2D eigenvalue weighted by molar-refractivity contribution is -0.130. The topological polar surface area (TPSA) is 20.3 Å². The van der Waals surface area contributed by atoms with Crippen LogP contribution in [0.2, 0.25) is 0 Å². The number of rotatable bonds is 6. The first-order valence-electron chi connectivity index (χ1n) is 4.98. The van der Waals surface area contributed by atoms with Gasteiger partial charge in [0.1, 0.15) is 0 Å². The van der Waals surface area contributed by atoms with E-state index in [0.717, 1.165) is 25.9 Å². The summed E-state index contributed by atoms with van der Waals surface area (Å²) < 4.78 is 0. The molecule has 0 bridgehead atoms. The smallest absolute Gasteiger partial charge is 0.235 e. The third kappa shape index (κ3) is 4.55. The van der Waals surface area contributed by atoms with E-state index in [1.54, 1.807) is 11.8 Å². The van der Waals surface area contributed by atoms with Gasteiger partial charge >= 0.3 is 0 Å². The molecule has 1 atom stereocenters. The van der Waals surface area contributed by atoms with Gasteiger partial charge in [-0.05, 0) is 26.0 Å². The summed E-state index contributed by atoms with van der Waals surface area (Å²) in [4.78, 5) is 13.7. The second kappa shape index (κ2) is 7.25. The zero-order chi connectivity index (χ0) is 10.3. The predicted octanol–water partition coefficient (Wildman–Crippen LogP) is 2.39. The van der Waals surface area contributed by atoms with Gasteiger partial charge in [-0.15, -0.1) is 0 Å². The molecule has 2 nitrogen and oxygen atoms in total. The fraction of sp³-hybridized carbons (Fsp3) is 0.900. The van der Waals surface area contributed by atoms with Gasteiger partial charge in [0.15, 0.2) is 0 Å². The summed E-state index contributed by atoms with van der Waals surface area (Å²) in [6.07, 6.45) is 4.08. The van der Waals surface area contributed by atoms with Crippen LogP contribution in [0.5, 0.6) is 0 Å². The molecule has 13 heavy (non-hydrogen) atoms. The molecule has 0 spiro atoms. The van der Waals surface area contributed by atoms with E-state index in [4.69, 9.17) is 0 Å². The molecular weight excluding hydrogens is 182 g/mol. The predicted molar refractivity (Wildman–Crippen MR) is 60.1 cm³/mol. The van der Waals surface area contributed by atoms with Crippen molar-refractivity contribution in [2.75, 3.05) is 19.3 Å². The molecule has 0 aromatic rings. The molecule has 0 saturated carbocycles. The Morgan fingerprint density at radius 2 is 1.77 bits per heavy atom. The highest BCUT2D eigenvalue weighted by atomic mass is 32.2.